The summed E-state index contributed by atoms with van der Waals surface area (Å²) in [6.45, 7) is 0. The lowest BCUT2D eigenvalue weighted by Crippen LogP contribution is -2.45. The van der Waals surface area contributed by atoms with Gasteiger partial charge in [-0.1, -0.05) is 11.6 Å². The molecule has 4 atom stereocenters. The number of anilines is 1. The van der Waals surface area contributed by atoms with Gasteiger partial charge in [0.1, 0.15) is 0 Å². The van der Waals surface area contributed by atoms with Gasteiger partial charge in [-0.05, 0) is 61.8 Å². The predicted octanol–water partition coefficient (Wildman–Crippen LogP) is 4.34. The number of rotatable bonds is 6. The van der Waals surface area contributed by atoms with E-state index in [-0.39, 0.29) is 34.0 Å². The average Bonchev–Trinajstić information content (AvgIpc) is 3.09. The van der Waals surface area contributed by atoms with Gasteiger partial charge < -0.3 is 15.5 Å². The molecule has 2 aliphatic rings. The van der Waals surface area contributed by atoms with Crippen molar-refractivity contribution >= 4 is 39.0 Å². The summed E-state index contributed by atoms with van der Waals surface area (Å²) in [7, 11) is -4.09. The number of benzene rings is 2. The fraction of sp³-hybridized carbons (Fsp3) is 0.333. The Kier molecular flexibility index (Phi) is 6.93. The van der Waals surface area contributed by atoms with Crippen LogP contribution in [0.4, 0.5) is 18.9 Å². The van der Waals surface area contributed by atoms with Crippen molar-refractivity contribution in [3.8, 4) is 0 Å². The van der Waals surface area contributed by atoms with E-state index in [9.17, 15) is 36.3 Å². The average molecular weight is 544 g/mol. The number of carbonyl (C=O) groups excluding carboxylic acids is 1. The maximum Gasteiger partial charge on any atom is 0.328 e. The molecule has 2 aromatic carbocycles. The molecule has 0 saturated heterocycles. The Balaban J connectivity index is 1.61. The van der Waals surface area contributed by atoms with E-state index in [1.807, 2.05) is 0 Å². The number of carbonyl (C=O) groups is 2. The number of hydrogen-bond acceptors (Lipinski definition) is 5. The molecule has 2 fully saturated rings. The van der Waals surface area contributed by atoms with Gasteiger partial charge in [-0.15, -0.1) is 0 Å². The maximum atomic E-state index is 13.7. The van der Waals surface area contributed by atoms with E-state index in [1.165, 1.54) is 18.2 Å². The Hall–Kier alpha value is -2.89. The number of fused-ring (bicyclic) bond motifs is 2. The minimum Gasteiger partial charge on any atom is -0.478 e. The van der Waals surface area contributed by atoms with Gasteiger partial charge in [0.25, 0.3) is 5.91 Å². The van der Waals surface area contributed by atoms with Crippen LogP contribution in [0.2, 0.25) is 5.02 Å². The Morgan fingerprint density at radius 2 is 1.64 bits per heavy atom. The van der Waals surface area contributed by atoms with Crippen LogP contribution >= 0.6 is 11.6 Å². The van der Waals surface area contributed by atoms with Crippen LogP contribution in [0.1, 0.15) is 36.0 Å². The first-order chi connectivity index (χ1) is 16.8. The summed E-state index contributed by atoms with van der Waals surface area (Å²) < 4.78 is 67.5. The molecule has 2 aliphatic carbocycles. The molecule has 2 saturated carbocycles. The van der Waals surface area contributed by atoms with E-state index in [0.717, 1.165) is 12.1 Å². The predicted molar refractivity (Wildman–Crippen MR) is 124 cm³/mol. The molecule has 2 bridgehead atoms. The zero-order valence-corrected chi connectivity index (χ0v) is 20.1. The Morgan fingerprint density at radius 3 is 2.19 bits per heavy atom. The van der Waals surface area contributed by atoms with Crippen molar-refractivity contribution in [1.82, 2.24) is 0 Å². The highest BCUT2D eigenvalue weighted by Gasteiger charge is 2.53. The van der Waals surface area contributed by atoms with Gasteiger partial charge in [0.2, 0.25) is 0 Å². The topological polar surface area (TPSA) is 121 Å². The summed E-state index contributed by atoms with van der Waals surface area (Å²) in [6.07, 6.45) is 3.15. The van der Waals surface area contributed by atoms with E-state index >= 15 is 0 Å². The van der Waals surface area contributed by atoms with E-state index in [4.69, 9.17) is 16.7 Å². The van der Waals surface area contributed by atoms with E-state index in [0.29, 0.717) is 25.0 Å². The summed E-state index contributed by atoms with van der Waals surface area (Å²) >= 11 is 6.20. The molecule has 12 heteroatoms. The number of aliphatic hydroxyl groups is 1. The summed E-state index contributed by atoms with van der Waals surface area (Å²) in [5.41, 5.74) is -1.97. The highest BCUT2D eigenvalue weighted by molar-refractivity contribution is 7.92. The molecule has 192 valence electrons. The molecule has 7 nitrogen and oxygen atoms in total. The van der Waals surface area contributed by atoms with Crippen molar-refractivity contribution in [2.75, 3.05) is 5.32 Å². The molecule has 0 heterocycles. The summed E-state index contributed by atoms with van der Waals surface area (Å²) in [6, 6.07) is 4.69. The lowest BCUT2D eigenvalue weighted by Gasteiger charge is -2.39. The number of carboxylic acids is 1. The van der Waals surface area contributed by atoms with Crippen LogP contribution in [0.15, 0.2) is 47.4 Å². The normalized spacial score (nSPS) is 25.8. The second-order valence-corrected chi connectivity index (χ2v) is 11.6. The Bertz CT molecular complexity index is 1340. The van der Waals surface area contributed by atoms with Crippen LogP contribution in [0, 0.1) is 29.3 Å². The van der Waals surface area contributed by atoms with Gasteiger partial charge in [-0.25, -0.2) is 26.4 Å². The zero-order valence-electron chi connectivity index (χ0n) is 18.5. The lowest BCUT2D eigenvalue weighted by molar-refractivity contribution is -0.131. The van der Waals surface area contributed by atoms with Crippen LogP contribution in [-0.4, -0.2) is 41.4 Å². The maximum absolute atomic E-state index is 13.7. The highest BCUT2D eigenvalue weighted by atomic mass is 35.5. The monoisotopic (exact) mass is 543 g/mol. The largest absolute Gasteiger partial charge is 0.478 e. The first-order valence-electron chi connectivity index (χ1n) is 10.9. The molecule has 3 N–H and O–H groups in total. The first kappa shape index (κ1) is 26.2. The van der Waals surface area contributed by atoms with Crippen molar-refractivity contribution in [3.05, 3.63) is 70.5 Å². The van der Waals surface area contributed by atoms with Gasteiger partial charge in [-0.2, -0.15) is 0 Å². The van der Waals surface area contributed by atoms with Crippen molar-refractivity contribution in [2.45, 2.75) is 41.4 Å². The van der Waals surface area contributed by atoms with Crippen LogP contribution in [0.5, 0.6) is 0 Å². The molecular weight excluding hydrogens is 523 g/mol. The van der Waals surface area contributed by atoms with E-state index in [1.54, 1.807) is 0 Å². The van der Waals surface area contributed by atoms with Crippen molar-refractivity contribution in [1.29, 1.82) is 0 Å². The second-order valence-electron chi connectivity index (χ2n) is 9.14. The fourth-order valence-corrected chi connectivity index (χ4v) is 8.12. The third-order valence-corrected chi connectivity index (χ3v) is 9.58. The zero-order chi connectivity index (χ0) is 26.4. The molecule has 4 rings (SSSR count). The molecule has 2 aromatic rings. The van der Waals surface area contributed by atoms with Crippen LogP contribution in [0.25, 0.3) is 0 Å². The third-order valence-electron chi connectivity index (χ3n) is 6.70. The number of sulfone groups is 1. The van der Waals surface area contributed by atoms with E-state index < -0.39 is 61.9 Å². The molecule has 0 spiro atoms. The Labute approximate surface area is 209 Å². The summed E-state index contributed by atoms with van der Waals surface area (Å²) in [5.74, 6) is -7.75. The van der Waals surface area contributed by atoms with Gasteiger partial charge in [0.15, 0.2) is 27.3 Å². The molecule has 3 unspecified atom stereocenters. The highest BCUT2D eigenvalue weighted by Crippen LogP contribution is 2.51. The molecule has 36 heavy (non-hydrogen) atoms. The lowest BCUT2D eigenvalue weighted by atomic mass is 9.77. The number of carboxylic acid groups (broad SMARTS) is 1. The summed E-state index contributed by atoms with van der Waals surface area (Å²) in [4.78, 5) is 23.2. The number of amides is 1. The van der Waals surface area contributed by atoms with Crippen LogP contribution in [0.3, 0.4) is 0 Å². The fourth-order valence-electron chi connectivity index (χ4n) is 5.28. The number of nitrogens with one attached hydrogen (secondary N) is 1. The van der Waals surface area contributed by atoms with Gasteiger partial charge in [0, 0.05) is 29.5 Å². The number of hydrogen-bond donors (Lipinski definition) is 3. The summed E-state index contributed by atoms with van der Waals surface area (Å²) in [5, 5.41) is 20.9. The minimum atomic E-state index is -4.09. The quantitative estimate of drug-likeness (QED) is 0.368. The standard InChI is InChI=1S/C24H21ClF3NO6S/c25-16-4-3-12(23(32)29-15-8-17(26)21(28)18(27)9-15)7-19(16)36(34,35)22-13-1-2-14(22)11-24(33,10-13)6-5-20(30)31/h3-9,13-14,22,33H,1-2,10-11H2,(H,29,32)(H,30,31)/b6-5+/t13-,14?,22?,24?/m1/s1. The number of halogens is 4. The van der Waals surface area contributed by atoms with Gasteiger partial charge in [0.05, 0.1) is 20.8 Å². The van der Waals surface area contributed by atoms with Crippen LogP contribution < -0.4 is 5.32 Å². The van der Waals surface area contributed by atoms with Gasteiger partial charge >= 0.3 is 5.97 Å². The second kappa shape index (κ2) is 9.53. The smallest absolute Gasteiger partial charge is 0.328 e. The van der Waals surface area contributed by atoms with Crippen molar-refractivity contribution < 1.29 is 41.4 Å². The van der Waals surface area contributed by atoms with Gasteiger partial charge in [-0.3, -0.25) is 4.79 Å². The van der Waals surface area contributed by atoms with Crippen LogP contribution in [-0.2, 0) is 14.6 Å². The SMILES string of the molecule is O=C(O)/C=C/C1(O)CC2CC[C@H](C1)C2S(=O)(=O)c1cc(C(=O)Nc2cc(F)c(F)c(F)c2)ccc1Cl. The number of aliphatic carboxylic acids is 1. The molecule has 0 aromatic heterocycles. The molecule has 0 aliphatic heterocycles. The molecule has 0 radical (unpaired) electrons. The molecule has 1 amide bonds. The molecular formula is C24H21ClF3NO6S. The van der Waals surface area contributed by atoms with Crippen molar-refractivity contribution in [2.24, 2.45) is 11.8 Å². The third kappa shape index (κ3) is 5.00. The van der Waals surface area contributed by atoms with E-state index in [2.05, 4.69) is 5.32 Å². The Morgan fingerprint density at radius 1 is 1.06 bits per heavy atom. The first-order valence-corrected chi connectivity index (χ1v) is 12.9. The van der Waals surface area contributed by atoms with Crippen molar-refractivity contribution in [3.63, 3.8) is 0 Å². The minimum absolute atomic E-state index is 0.0522.